The summed E-state index contributed by atoms with van der Waals surface area (Å²) in [5.41, 5.74) is 1.85. The van der Waals surface area contributed by atoms with Gasteiger partial charge >= 0.3 is 0 Å². The first-order chi connectivity index (χ1) is 9.72. The van der Waals surface area contributed by atoms with Gasteiger partial charge in [-0.15, -0.1) is 10.2 Å². The van der Waals surface area contributed by atoms with Gasteiger partial charge in [0.05, 0.1) is 11.0 Å². The van der Waals surface area contributed by atoms with Gasteiger partial charge in [0, 0.05) is 18.0 Å². The lowest BCUT2D eigenvalue weighted by molar-refractivity contribution is 0.102. The van der Waals surface area contributed by atoms with E-state index in [1.165, 1.54) is 0 Å². The van der Waals surface area contributed by atoms with Crippen molar-refractivity contribution in [2.24, 2.45) is 0 Å². The topological polar surface area (TPSA) is 80.7 Å². The SMILES string of the molecule is O=C(Nc1ccc(Cl)nn1)c1ccc2nccnc2c1. The lowest BCUT2D eigenvalue weighted by Gasteiger charge is -2.04. The van der Waals surface area contributed by atoms with E-state index in [0.29, 0.717) is 16.9 Å². The van der Waals surface area contributed by atoms with Crippen molar-refractivity contribution in [2.75, 3.05) is 5.32 Å². The minimum Gasteiger partial charge on any atom is -0.305 e. The molecule has 0 spiro atoms. The normalized spacial score (nSPS) is 10.4. The van der Waals surface area contributed by atoms with E-state index < -0.39 is 0 Å². The lowest BCUT2D eigenvalue weighted by Crippen LogP contribution is -2.13. The zero-order valence-corrected chi connectivity index (χ0v) is 10.9. The number of fused-ring (bicyclic) bond motifs is 1. The highest BCUT2D eigenvalue weighted by Crippen LogP contribution is 2.13. The first-order valence-corrected chi connectivity index (χ1v) is 6.11. The Labute approximate surface area is 118 Å². The highest BCUT2D eigenvalue weighted by molar-refractivity contribution is 6.29. The number of rotatable bonds is 2. The van der Waals surface area contributed by atoms with Gasteiger partial charge in [0.25, 0.3) is 5.91 Å². The third-order valence-electron chi connectivity index (χ3n) is 2.61. The van der Waals surface area contributed by atoms with Crippen LogP contribution >= 0.6 is 11.6 Å². The van der Waals surface area contributed by atoms with Crippen LogP contribution in [0.3, 0.4) is 0 Å². The van der Waals surface area contributed by atoms with E-state index in [0.717, 1.165) is 5.52 Å². The zero-order valence-electron chi connectivity index (χ0n) is 10.1. The second-order valence-corrected chi connectivity index (χ2v) is 4.34. The Hall–Kier alpha value is -2.60. The van der Waals surface area contributed by atoms with Crippen LogP contribution in [0.1, 0.15) is 10.4 Å². The monoisotopic (exact) mass is 285 g/mol. The van der Waals surface area contributed by atoms with Crippen LogP contribution in [-0.2, 0) is 0 Å². The van der Waals surface area contributed by atoms with Crippen LogP contribution in [0.4, 0.5) is 5.82 Å². The molecule has 0 fully saturated rings. The molecule has 2 heterocycles. The van der Waals surface area contributed by atoms with Crippen molar-refractivity contribution in [3.05, 3.63) is 53.4 Å². The maximum absolute atomic E-state index is 12.1. The summed E-state index contributed by atoms with van der Waals surface area (Å²) in [7, 11) is 0. The van der Waals surface area contributed by atoms with Gasteiger partial charge in [0.1, 0.15) is 0 Å². The van der Waals surface area contributed by atoms with Gasteiger partial charge in [-0.25, -0.2) is 0 Å². The maximum atomic E-state index is 12.1. The molecule has 0 saturated carbocycles. The fraction of sp³-hybridized carbons (Fsp3) is 0. The summed E-state index contributed by atoms with van der Waals surface area (Å²) in [5.74, 6) is 0.0350. The minimum atomic E-state index is -0.297. The van der Waals surface area contributed by atoms with Crippen molar-refractivity contribution < 1.29 is 4.79 Å². The van der Waals surface area contributed by atoms with Crippen LogP contribution in [0.25, 0.3) is 11.0 Å². The number of anilines is 1. The highest BCUT2D eigenvalue weighted by atomic mass is 35.5. The molecule has 0 bridgehead atoms. The largest absolute Gasteiger partial charge is 0.305 e. The van der Waals surface area contributed by atoms with Crippen LogP contribution < -0.4 is 5.32 Å². The molecule has 0 unspecified atom stereocenters. The minimum absolute atomic E-state index is 0.268. The molecular weight excluding hydrogens is 278 g/mol. The molecule has 0 aliphatic carbocycles. The Morgan fingerprint density at radius 2 is 1.80 bits per heavy atom. The van der Waals surface area contributed by atoms with E-state index in [4.69, 9.17) is 11.6 Å². The van der Waals surface area contributed by atoms with Crippen molar-refractivity contribution in [3.63, 3.8) is 0 Å². The number of hydrogen-bond acceptors (Lipinski definition) is 5. The van der Waals surface area contributed by atoms with Crippen LogP contribution in [-0.4, -0.2) is 26.1 Å². The second kappa shape index (κ2) is 5.18. The zero-order chi connectivity index (χ0) is 13.9. The Kier molecular flexibility index (Phi) is 3.22. The number of benzene rings is 1. The number of carbonyl (C=O) groups excluding carboxylic acids is 1. The van der Waals surface area contributed by atoms with E-state index in [1.807, 2.05) is 0 Å². The van der Waals surface area contributed by atoms with Gasteiger partial charge in [-0.1, -0.05) is 11.6 Å². The summed E-state index contributed by atoms with van der Waals surface area (Å²) < 4.78 is 0. The molecule has 0 atom stereocenters. The molecule has 1 aromatic carbocycles. The maximum Gasteiger partial charge on any atom is 0.256 e. The summed E-state index contributed by atoms with van der Waals surface area (Å²) in [6, 6.07) is 8.21. The van der Waals surface area contributed by atoms with Crippen molar-refractivity contribution in [3.8, 4) is 0 Å². The predicted molar refractivity (Wildman–Crippen MR) is 74.5 cm³/mol. The standard InChI is InChI=1S/C13H8ClN5O/c14-11-3-4-12(19-18-11)17-13(20)8-1-2-9-10(7-8)16-6-5-15-9/h1-7H,(H,17,19,20). The number of nitrogens with zero attached hydrogens (tertiary/aromatic N) is 4. The van der Waals surface area contributed by atoms with Gasteiger partial charge < -0.3 is 5.32 Å². The van der Waals surface area contributed by atoms with Crippen LogP contribution in [0, 0.1) is 0 Å². The van der Waals surface area contributed by atoms with Crippen molar-refractivity contribution in [1.29, 1.82) is 0 Å². The molecule has 6 nitrogen and oxygen atoms in total. The quantitative estimate of drug-likeness (QED) is 0.781. The number of halogens is 1. The fourth-order valence-electron chi connectivity index (χ4n) is 1.68. The van der Waals surface area contributed by atoms with Gasteiger partial charge in [-0.2, -0.15) is 0 Å². The average molecular weight is 286 g/mol. The number of nitrogens with one attached hydrogen (secondary N) is 1. The molecule has 20 heavy (non-hydrogen) atoms. The third kappa shape index (κ3) is 2.55. The number of hydrogen-bond donors (Lipinski definition) is 1. The molecule has 1 amide bonds. The van der Waals surface area contributed by atoms with Gasteiger partial charge in [0.15, 0.2) is 11.0 Å². The molecule has 0 saturated heterocycles. The van der Waals surface area contributed by atoms with E-state index in [-0.39, 0.29) is 11.1 Å². The van der Waals surface area contributed by atoms with Crippen molar-refractivity contribution in [2.45, 2.75) is 0 Å². The average Bonchev–Trinajstić information content (AvgIpc) is 2.49. The number of carbonyl (C=O) groups is 1. The molecule has 3 aromatic rings. The van der Waals surface area contributed by atoms with Crippen molar-refractivity contribution in [1.82, 2.24) is 20.2 Å². The molecule has 7 heteroatoms. The van der Waals surface area contributed by atoms with Crippen LogP contribution in [0.15, 0.2) is 42.7 Å². The van der Waals surface area contributed by atoms with Gasteiger partial charge in [-0.3, -0.25) is 14.8 Å². The first kappa shape index (κ1) is 12.4. The second-order valence-electron chi connectivity index (χ2n) is 3.96. The van der Waals surface area contributed by atoms with Gasteiger partial charge in [-0.05, 0) is 30.3 Å². The Morgan fingerprint density at radius 1 is 1.00 bits per heavy atom. The van der Waals surface area contributed by atoms with Crippen LogP contribution in [0.5, 0.6) is 0 Å². The first-order valence-electron chi connectivity index (χ1n) is 5.74. The molecule has 1 N–H and O–H groups in total. The Bertz CT molecular complexity index is 775. The molecule has 98 valence electrons. The fourth-order valence-corrected chi connectivity index (χ4v) is 1.78. The molecule has 2 aromatic heterocycles. The highest BCUT2D eigenvalue weighted by Gasteiger charge is 2.08. The lowest BCUT2D eigenvalue weighted by atomic mass is 10.2. The summed E-state index contributed by atoms with van der Waals surface area (Å²) >= 11 is 5.63. The predicted octanol–water partition coefficient (Wildman–Crippen LogP) is 2.33. The van der Waals surface area contributed by atoms with E-state index >= 15 is 0 Å². The smallest absolute Gasteiger partial charge is 0.256 e. The summed E-state index contributed by atoms with van der Waals surface area (Å²) in [4.78, 5) is 20.4. The van der Waals surface area contributed by atoms with Gasteiger partial charge in [0.2, 0.25) is 0 Å². The van der Waals surface area contributed by atoms with Crippen molar-refractivity contribution >= 4 is 34.4 Å². The number of aromatic nitrogens is 4. The molecule has 0 aliphatic heterocycles. The summed E-state index contributed by atoms with van der Waals surface area (Å²) in [6.07, 6.45) is 3.18. The third-order valence-corrected chi connectivity index (χ3v) is 2.81. The molecule has 0 radical (unpaired) electrons. The van der Waals surface area contributed by atoms with E-state index in [2.05, 4.69) is 25.5 Å². The number of amides is 1. The van der Waals surface area contributed by atoms with Crippen LogP contribution in [0.2, 0.25) is 5.15 Å². The molecule has 3 rings (SSSR count). The molecule has 0 aliphatic rings. The molecular formula is C13H8ClN5O. The Balaban J connectivity index is 1.86. The Morgan fingerprint density at radius 3 is 2.55 bits per heavy atom. The summed E-state index contributed by atoms with van der Waals surface area (Å²) in [5, 5.41) is 10.3. The summed E-state index contributed by atoms with van der Waals surface area (Å²) in [6.45, 7) is 0. The van der Waals surface area contributed by atoms with E-state index in [9.17, 15) is 4.79 Å². The van der Waals surface area contributed by atoms with E-state index in [1.54, 1.807) is 42.7 Å².